The Hall–Kier alpha value is -2.69. The van der Waals surface area contributed by atoms with Crippen LogP contribution in [-0.4, -0.2) is 65.5 Å². The SMILES string of the molecule is NC(Cc1ccc(F)cc1)C(=O)N1CCC2C1C(=O)CN2S(=O)(=O)Cc1cccnc1. The lowest BCUT2D eigenvalue weighted by Crippen LogP contribution is -2.50. The van der Waals surface area contributed by atoms with Crippen molar-refractivity contribution in [2.75, 3.05) is 13.1 Å². The van der Waals surface area contributed by atoms with Gasteiger partial charge in [-0.3, -0.25) is 14.6 Å². The number of nitrogens with two attached hydrogens (primary N) is 1. The number of ketones is 1. The molecule has 4 rings (SSSR count). The first-order valence-corrected chi connectivity index (χ1v) is 11.6. The minimum Gasteiger partial charge on any atom is -0.330 e. The van der Waals surface area contributed by atoms with E-state index in [9.17, 15) is 22.4 Å². The van der Waals surface area contributed by atoms with Crippen molar-refractivity contribution >= 4 is 21.7 Å². The zero-order chi connectivity index (χ0) is 22.2. The zero-order valence-corrected chi connectivity index (χ0v) is 17.5. The van der Waals surface area contributed by atoms with Crippen molar-refractivity contribution in [3.05, 3.63) is 65.7 Å². The standard InChI is InChI=1S/C21H23FN4O4S/c22-16-5-3-14(4-6-16)10-17(23)21(28)25-9-7-18-20(25)19(27)12-26(18)31(29,30)13-15-2-1-8-24-11-15/h1-6,8,11,17-18,20H,7,9-10,12-13,23H2. The van der Waals surface area contributed by atoms with Gasteiger partial charge in [-0.1, -0.05) is 18.2 Å². The van der Waals surface area contributed by atoms with Gasteiger partial charge in [0.15, 0.2) is 5.78 Å². The Balaban J connectivity index is 1.47. The van der Waals surface area contributed by atoms with Gasteiger partial charge < -0.3 is 10.6 Å². The number of carbonyl (C=O) groups excluding carboxylic acids is 2. The summed E-state index contributed by atoms with van der Waals surface area (Å²) in [4.78, 5) is 31.0. The lowest BCUT2D eigenvalue weighted by Gasteiger charge is -2.26. The number of nitrogens with zero attached hydrogens (tertiary/aromatic N) is 3. The summed E-state index contributed by atoms with van der Waals surface area (Å²) in [7, 11) is -3.75. The Morgan fingerprint density at radius 3 is 2.65 bits per heavy atom. The predicted octanol–water partition coefficient (Wildman–Crippen LogP) is 0.475. The topological polar surface area (TPSA) is 114 Å². The molecule has 0 spiro atoms. The number of carbonyl (C=O) groups is 2. The molecular formula is C21H23FN4O4S. The summed E-state index contributed by atoms with van der Waals surface area (Å²) in [5, 5.41) is 0. The van der Waals surface area contributed by atoms with Crippen molar-refractivity contribution in [2.45, 2.75) is 36.7 Å². The summed E-state index contributed by atoms with van der Waals surface area (Å²) in [6.45, 7) is 0.00481. The van der Waals surface area contributed by atoms with Gasteiger partial charge in [0.1, 0.15) is 11.9 Å². The van der Waals surface area contributed by atoms with Crippen molar-refractivity contribution in [1.82, 2.24) is 14.2 Å². The van der Waals surface area contributed by atoms with Crippen LogP contribution in [-0.2, 0) is 31.8 Å². The molecule has 31 heavy (non-hydrogen) atoms. The molecule has 8 nitrogen and oxygen atoms in total. The number of halogens is 1. The van der Waals surface area contributed by atoms with E-state index < -0.39 is 34.1 Å². The number of hydrogen-bond acceptors (Lipinski definition) is 6. The highest BCUT2D eigenvalue weighted by Gasteiger charge is 2.53. The maximum atomic E-state index is 13.1. The Kier molecular flexibility index (Phi) is 5.87. The number of amides is 1. The van der Waals surface area contributed by atoms with Crippen LogP contribution >= 0.6 is 0 Å². The van der Waals surface area contributed by atoms with Gasteiger partial charge in [-0.15, -0.1) is 0 Å². The maximum absolute atomic E-state index is 13.1. The molecule has 3 atom stereocenters. The summed E-state index contributed by atoms with van der Waals surface area (Å²) in [6, 6.07) is 6.71. The molecule has 3 unspecified atom stereocenters. The van der Waals surface area contributed by atoms with Crippen LogP contribution in [0.1, 0.15) is 17.5 Å². The molecule has 1 aromatic carbocycles. The number of aromatic nitrogens is 1. The van der Waals surface area contributed by atoms with Crippen LogP contribution in [0.2, 0.25) is 0 Å². The van der Waals surface area contributed by atoms with Gasteiger partial charge in [-0.2, -0.15) is 4.31 Å². The smallest absolute Gasteiger partial charge is 0.240 e. The van der Waals surface area contributed by atoms with Gasteiger partial charge >= 0.3 is 0 Å². The summed E-state index contributed by atoms with van der Waals surface area (Å²) in [5.41, 5.74) is 7.32. The quantitative estimate of drug-likeness (QED) is 0.690. The molecule has 2 saturated heterocycles. The van der Waals surface area contributed by atoms with Gasteiger partial charge in [-0.25, -0.2) is 12.8 Å². The van der Waals surface area contributed by atoms with Gasteiger partial charge in [0, 0.05) is 18.9 Å². The van der Waals surface area contributed by atoms with E-state index in [1.807, 2.05) is 0 Å². The van der Waals surface area contributed by atoms with Crippen molar-refractivity contribution in [3.8, 4) is 0 Å². The highest BCUT2D eigenvalue weighted by molar-refractivity contribution is 7.88. The van der Waals surface area contributed by atoms with E-state index in [1.54, 1.807) is 30.5 Å². The van der Waals surface area contributed by atoms with Crippen LogP contribution in [0.25, 0.3) is 0 Å². The molecule has 10 heteroatoms. The Labute approximate surface area is 179 Å². The van der Waals surface area contributed by atoms with Crippen LogP contribution < -0.4 is 5.73 Å². The third kappa shape index (κ3) is 4.36. The largest absolute Gasteiger partial charge is 0.330 e. The van der Waals surface area contributed by atoms with E-state index in [0.29, 0.717) is 17.5 Å². The number of rotatable bonds is 6. The fourth-order valence-electron chi connectivity index (χ4n) is 4.33. The number of benzene rings is 1. The molecule has 2 aliphatic rings. The number of fused-ring (bicyclic) bond motifs is 1. The fraction of sp³-hybridized carbons (Fsp3) is 0.381. The minimum atomic E-state index is -3.75. The monoisotopic (exact) mass is 446 g/mol. The van der Waals surface area contributed by atoms with Crippen LogP contribution in [0.3, 0.4) is 0 Å². The van der Waals surface area contributed by atoms with Crippen LogP contribution in [0.5, 0.6) is 0 Å². The normalized spacial score (nSPS) is 22.5. The molecule has 0 saturated carbocycles. The first-order chi connectivity index (χ1) is 14.8. The molecule has 0 radical (unpaired) electrons. The van der Waals surface area contributed by atoms with Crippen molar-refractivity contribution < 1.29 is 22.4 Å². The van der Waals surface area contributed by atoms with Gasteiger partial charge in [0.25, 0.3) is 0 Å². The van der Waals surface area contributed by atoms with E-state index >= 15 is 0 Å². The first kappa shape index (κ1) is 21.5. The summed E-state index contributed by atoms with van der Waals surface area (Å²) < 4.78 is 40.2. The lowest BCUT2D eigenvalue weighted by atomic mass is 10.0. The van der Waals surface area contributed by atoms with E-state index in [-0.39, 0.29) is 36.9 Å². The number of pyridine rings is 1. The summed E-state index contributed by atoms with van der Waals surface area (Å²) in [6.07, 6.45) is 3.61. The van der Waals surface area contributed by atoms with E-state index in [1.165, 1.54) is 27.5 Å². The Morgan fingerprint density at radius 2 is 1.97 bits per heavy atom. The number of Topliss-reactive ketones (excluding diaryl/α,β-unsaturated/α-hetero) is 1. The molecule has 0 bridgehead atoms. The molecule has 0 aliphatic carbocycles. The zero-order valence-electron chi connectivity index (χ0n) is 16.7. The second-order valence-electron chi connectivity index (χ2n) is 7.90. The predicted molar refractivity (Wildman–Crippen MR) is 111 cm³/mol. The van der Waals surface area contributed by atoms with Crippen LogP contribution in [0.4, 0.5) is 4.39 Å². The second-order valence-corrected chi connectivity index (χ2v) is 9.82. The maximum Gasteiger partial charge on any atom is 0.240 e. The minimum absolute atomic E-state index is 0.199. The van der Waals surface area contributed by atoms with E-state index in [0.717, 1.165) is 0 Å². The molecule has 1 aromatic heterocycles. The Bertz CT molecular complexity index is 1080. The molecule has 1 amide bonds. The summed E-state index contributed by atoms with van der Waals surface area (Å²) in [5.74, 6) is -1.35. The number of hydrogen-bond donors (Lipinski definition) is 1. The van der Waals surface area contributed by atoms with Crippen molar-refractivity contribution in [3.63, 3.8) is 0 Å². The van der Waals surface area contributed by atoms with Gasteiger partial charge in [0.05, 0.1) is 24.4 Å². The third-order valence-electron chi connectivity index (χ3n) is 5.78. The first-order valence-electron chi connectivity index (χ1n) is 9.98. The van der Waals surface area contributed by atoms with E-state index in [2.05, 4.69) is 4.98 Å². The highest BCUT2D eigenvalue weighted by atomic mass is 32.2. The van der Waals surface area contributed by atoms with Crippen LogP contribution in [0.15, 0.2) is 48.8 Å². The fourth-order valence-corrected chi connectivity index (χ4v) is 6.05. The van der Waals surface area contributed by atoms with Gasteiger partial charge in [-0.05, 0) is 42.2 Å². The molecule has 2 aromatic rings. The second kappa shape index (κ2) is 8.45. The van der Waals surface area contributed by atoms with Crippen LogP contribution in [0, 0.1) is 5.82 Å². The average Bonchev–Trinajstić information content (AvgIpc) is 3.31. The summed E-state index contributed by atoms with van der Waals surface area (Å²) >= 11 is 0. The highest BCUT2D eigenvalue weighted by Crippen LogP contribution is 2.33. The molecule has 3 heterocycles. The molecular weight excluding hydrogens is 423 g/mol. The van der Waals surface area contributed by atoms with Crippen molar-refractivity contribution in [1.29, 1.82) is 0 Å². The number of sulfonamides is 1. The van der Waals surface area contributed by atoms with Gasteiger partial charge in [0.2, 0.25) is 15.9 Å². The molecule has 164 valence electrons. The molecule has 2 aliphatic heterocycles. The Morgan fingerprint density at radius 1 is 1.23 bits per heavy atom. The molecule has 2 fully saturated rings. The van der Waals surface area contributed by atoms with Crippen molar-refractivity contribution in [2.24, 2.45) is 5.73 Å². The third-order valence-corrected chi connectivity index (χ3v) is 7.59. The molecule has 2 N–H and O–H groups in total. The van der Waals surface area contributed by atoms with E-state index in [4.69, 9.17) is 5.73 Å². The lowest BCUT2D eigenvalue weighted by molar-refractivity contribution is -0.137. The number of likely N-dealkylation sites (tertiary alicyclic amines) is 1. The average molecular weight is 447 g/mol.